The minimum Gasteiger partial charge on any atom is -0.469 e. The van der Waals surface area contributed by atoms with Gasteiger partial charge in [-0.1, -0.05) is 6.07 Å². The van der Waals surface area contributed by atoms with Gasteiger partial charge in [-0.15, -0.1) is 11.3 Å². The van der Waals surface area contributed by atoms with E-state index in [1.165, 1.54) is 0 Å². The summed E-state index contributed by atoms with van der Waals surface area (Å²) in [4.78, 5) is 31.6. The first kappa shape index (κ1) is 17.9. The van der Waals surface area contributed by atoms with Crippen molar-refractivity contribution < 1.29 is 18.7 Å². The summed E-state index contributed by atoms with van der Waals surface area (Å²) in [6.45, 7) is 3.95. The molecule has 5 nitrogen and oxygen atoms in total. The molecule has 2 aliphatic rings. The van der Waals surface area contributed by atoms with E-state index in [1.807, 2.05) is 36.6 Å². The molecular weight excluding hydrogens is 362 g/mol. The molecule has 3 atom stereocenters. The van der Waals surface area contributed by atoms with E-state index in [1.54, 1.807) is 24.5 Å². The minimum atomic E-state index is -0.550. The molecule has 0 spiro atoms. The molecule has 6 heteroatoms. The third-order valence-electron chi connectivity index (χ3n) is 5.22. The predicted octanol–water partition coefficient (Wildman–Crippen LogP) is 4.48. The van der Waals surface area contributed by atoms with Crippen molar-refractivity contribution in [1.29, 1.82) is 0 Å². The monoisotopic (exact) mass is 383 g/mol. The zero-order valence-corrected chi connectivity index (χ0v) is 16.1. The Balaban J connectivity index is 1.78. The summed E-state index contributed by atoms with van der Waals surface area (Å²) < 4.78 is 10.8. The molecule has 0 aromatic carbocycles. The number of Topliss-reactive ketones (excluding diaryl/α,β-unsaturated/α-hetero) is 1. The topological polar surface area (TPSA) is 68.9 Å². The number of furan rings is 1. The number of esters is 1. The Morgan fingerprint density at radius 1 is 1.33 bits per heavy atom. The van der Waals surface area contributed by atoms with E-state index in [0.29, 0.717) is 30.7 Å². The molecule has 2 aromatic heterocycles. The Kier molecular flexibility index (Phi) is 4.83. The number of nitrogens with zero attached hydrogens (tertiary/aromatic N) is 1. The molecular formula is C21H21NO4S. The highest BCUT2D eigenvalue weighted by Crippen LogP contribution is 2.47. The maximum atomic E-state index is 13.2. The first-order valence-electron chi connectivity index (χ1n) is 9.15. The number of allylic oxidation sites excluding steroid dienone is 2. The molecule has 0 saturated heterocycles. The standard InChI is InChI=1S/C21H21NO4S/c1-3-25-21(24)18-12(2)22-14-10-13(16-6-4-8-26-16)11-15(23)19(14)20(18)17-7-5-9-27-17/h4-9,13,18,20H,3,10-11H2,1-2H3/t13-,18?,20-/m1/s1. The van der Waals surface area contributed by atoms with Gasteiger partial charge in [-0.05, 0) is 37.4 Å². The number of aliphatic imine (C=N–C) groups is 1. The second-order valence-corrected chi connectivity index (χ2v) is 7.86. The van der Waals surface area contributed by atoms with Crippen LogP contribution in [0.2, 0.25) is 0 Å². The third kappa shape index (κ3) is 3.18. The summed E-state index contributed by atoms with van der Waals surface area (Å²) in [5.74, 6) is -0.340. The summed E-state index contributed by atoms with van der Waals surface area (Å²) >= 11 is 1.56. The summed E-state index contributed by atoms with van der Waals surface area (Å²) in [5.41, 5.74) is 2.16. The van der Waals surface area contributed by atoms with Crippen LogP contribution in [0.5, 0.6) is 0 Å². The smallest absolute Gasteiger partial charge is 0.315 e. The van der Waals surface area contributed by atoms with Gasteiger partial charge in [-0.25, -0.2) is 0 Å². The van der Waals surface area contributed by atoms with Gasteiger partial charge in [0.1, 0.15) is 11.7 Å². The first-order valence-corrected chi connectivity index (χ1v) is 10.0. The number of carbonyl (C=O) groups is 2. The van der Waals surface area contributed by atoms with Crippen molar-refractivity contribution in [1.82, 2.24) is 0 Å². The van der Waals surface area contributed by atoms with Gasteiger partial charge in [0.25, 0.3) is 0 Å². The Morgan fingerprint density at radius 3 is 2.85 bits per heavy atom. The average Bonchev–Trinajstić information content (AvgIpc) is 3.34. The van der Waals surface area contributed by atoms with Crippen molar-refractivity contribution >= 4 is 28.8 Å². The molecule has 0 saturated carbocycles. The second-order valence-electron chi connectivity index (χ2n) is 6.88. The number of rotatable bonds is 4. The zero-order chi connectivity index (χ0) is 19.0. The average molecular weight is 383 g/mol. The van der Waals surface area contributed by atoms with Crippen LogP contribution < -0.4 is 0 Å². The summed E-state index contributed by atoms with van der Waals surface area (Å²) in [6.07, 6.45) is 2.64. The van der Waals surface area contributed by atoms with Crippen LogP contribution in [0.1, 0.15) is 49.2 Å². The minimum absolute atomic E-state index is 0.00840. The number of thiophene rings is 1. The van der Waals surface area contributed by atoms with Crippen molar-refractivity contribution in [2.24, 2.45) is 10.9 Å². The first-order chi connectivity index (χ1) is 13.1. The van der Waals surface area contributed by atoms with E-state index in [-0.39, 0.29) is 23.6 Å². The Hall–Kier alpha value is -2.47. The van der Waals surface area contributed by atoms with Crippen LogP contribution in [0, 0.1) is 5.92 Å². The number of ether oxygens (including phenoxy) is 1. The fourth-order valence-corrected chi connectivity index (χ4v) is 4.97. The lowest BCUT2D eigenvalue weighted by Gasteiger charge is -2.35. The molecule has 1 aliphatic heterocycles. The molecule has 27 heavy (non-hydrogen) atoms. The number of hydrogen-bond donors (Lipinski definition) is 0. The highest BCUT2D eigenvalue weighted by atomic mass is 32.1. The molecule has 3 heterocycles. The second kappa shape index (κ2) is 7.27. The molecule has 2 aromatic rings. The van der Waals surface area contributed by atoms with Crippen LogP contribution >= 0.6 is 11.3 Å². The molecule has 140 valence electrons. The van der Waals surface area contributed by atoms with Crippen LogP contribution in [0.25, 0.3) is 0 Å². The largest absolute Gasteiger partial charge is 0.469 e. The van der Waals surface area contributed by atoms with Gasteiger partial charge in [0, 0.05) is 46.5 Å². The zero-order valence-electron chi connectivity index (χ0n) is 15.3. The van der Waals surface area contributed by atoms with Crippen LogP contribution in [0.4, 0.5) is 0 Å². The molecule has 0 N–H and O–H groups in total. The number of ketones is 1. The van der Waals surface area contributed by atoms with Gasteiger partial charge in [0.05, 0.1) is 12.9 Å². The Morgan fingerprint density at radius 2 is 2.19 bits per heavy atom. The van der Waals surface area contributed by atoms with Crippen LogP contribution in [0.3, 0.4) is 0 Å². The van der Waals surface area contributed by atoms with Crippen molar-refractivity contribution in [2.75, 3.05) is 6.61 Å². The van der Waals surface area contributed by atoms with Crippen LogP contribution in [-0.4, -0.2) is 24.1 Å². The molecule has 0 fully saturated rings. The van der Waals surface area contributed by atoms with E-state index in [2.05, 4.69) is 0 Å². The quantitative estimate of drug-likeness (QED) is 0.730. The van der Waals surface area contributed by atoms with Gasteiger partial charge < -0.3 is 9.15 Å². The van der Waals surface area contributed by atoms with E-state index >= 15 is 0 Å². The lowest BCUT2D eigenvalue weighted by Crippen LogP contribution is -2.37. The van der Waals surface area contributed by atoms with Gasteiger partial charge in [-0.3, -0.25) is 14.6 Å². The highest BCUT2D eigenvalue weighted by Gasteiger charge is 2.45. The molecule has 0 amide bonds. The van der Waals surface area contributed by atoms with E-state index in [0.717, 1.165) is 16.3 Å². The maximum Gasteiger partial charge on any atom is 0.315 e. The fraction of sp³-hybridized carbons (Fsp3) is 0.381. The van der Waals surface area contributed by atoms with Gasteiger partial charge in [0.15, 0.2) is 5.78 Å². The normalized spacial score (nSPS) is 25.2. The predicted molar refractivity (Wildman–Crippen MR) is 103 cm³/mol. The summed E-state index contributed by atoms with van der Waals surface area (Å²) in [5, 5.41) is 1.97. The van der Waals surface area contributed by atoms with Crippen molar-refractivity contribution in [3.8, 4) is 0 Å². The SMILES string of the molecule is CCOC(=O)C1C(C)=NC2=C(C(=O)C[C@H](c3ccco3)C2)[C@@H]1c1cccs1. The van der Waals surface area contributed by atoms with E-state index in [9.17, 15) is 9.59 Å². The molecule has 0 radical (unpaired) electrons. The lowest BCUT2D eigenvalue weighted by molar-refractivity contribution is -0.146. The summed E-state index contributed by atoms with van der Waals surface area (Å²) in [6, 6.07) is 7.67. The van der Waals surface area contributed by atoms with Crippen molar-refractivity contribution in [2.45, 2.75) is 38.5 Å². The third-order valence-corrected chi connectivity index (χ3v) is 6.18. The van der Waals surface area contributed by atoms with Crippen LogP contribution in [0.15, 0.2) is 56.6 Å². The molecule has 4 rings (SSSR count). The molecule has 1 unspecified atom stereocenters. The van der Waals surface area contributed by atoms with Gasteiger partial charge in [-0.2, -0.15) is 0 Å². The Labute approximate surface area is 161 Å². The van der Waals surface area contributed by atoms with E-state index < -0.39 is 5.92 Å². The van der Waals surface area contributed by atoms with E-state index in [4.69, 9.17) is 14.1 Å². The van der Waals surface area contributed by atoms with Gasteiger partial charge >= 0.3 is 5.97 Å². The maximum absolute atomic E-state index is 13.2. The van der Waals surface area contributed by atoms with Crippen molar-refractivity contribution in [3.05, 3.63) is 57.8 Å². The lowest BCUT2D eigenvalue weighted by atomic mass is 9.72. The molecule has 0 bridgehead atoms. The van der Waals surface area contributed by atoms with Crippen molar-refractivity contribution in [3.63, 3.8) is 0 Å². The van der Waals surface area contributed by atoms with Crippen LogP contribution in [-0.2, 0) is 14.3 Å². The highest BCUT2D eigenvalue weighted by molar-refractivity contribution is 7.10. The Bertz CT molecular complexity index is 908. The molecule has 1 aliphatic carbocycles. The summed E-state index contributed by atoms with van der Waals surface area (Å²) in [7, 11) is 0. The number of carbonyl (C=O) groups excluding carboxylic acids is 2. The van der Waals surface area contributed by atoms with Gasteiger partial charge in [0.2, 0.25) is 0 Å². The fourth-order valence-electron chi connectivity index (χ4n) is 4.10. The number of hydrogen-bond acceptors (Lipinski definition) is 6.